The average molecular weight is 679 g/mol. The van der Waals surface area contributed by atoms with Crippen molar-refractivity contribution in [2.45, 2.75) is 20.3 Å². The fourth-order valence-corrected chi connectivity index (χ4v) is 4.10. The summed E-state index contributed by atoms with van der Waals surface area (Å²) >= 11 is 7.92. The van der Waals surface area contributed by atoms with Crippen LogP contribution in [0, 0.1) is 3.57 Å². The molecule has 0 saturated carbocycles. The normalized spacial score (nSPS) is 10.6. The van der Waals surface area contributed by atoms with Gasteiger partial charge >= 0.3 is 11.8 Å². The van der Waals surface area contributed by atoms with Crippen LogP contribution in [-0.2, 0) is 14.4 Å². The van der Waals surface area contributed by atoms with E-state index < -0.39 is 11.8 Å². The van der Waals surface area contributed by atoms with Crippen molar-refractivity contribution in [1.29, 1.82) is 0 Å². The standard InChI is InChI=1S/C28H28ClIN4O6/c1-3-13-39-22-11-9-21(10-12-22)33-27(36)28(37)34-31-16-18-14-23(30)26(24(15-18)38-4-2)40-17-25(35)32-20-7-5-19(29)6-8-20/h5-12,14-16H,3-4,13,17H2,1-2H3,(H,32,35)(H,33,36)(H,34,37)/b31-16-. The Labute approximate surface area is 250 Å². The summed E-state index contributed by atoms with van der Waals surface area (Å²) < 4.78 is 17.6. The van der Waals surface area contributed by atoms with Crippen molar-refractivity contribution in [2.24, 2.45) is 5.10 Å². The third-order valence-electron chi connectivity index (χ3n) is 4.98. The molecule has 12 heteroatoms. The van der Waals surface area contributed by atoms with Crippen molar-refractivity contribution in [3.63, 3.8) is 0 Å². The van der Waals surface area contributed by atoms with Gasteiger partial charge in [-0.05, 0) is 102 Å². The molecule has 0 radical (unpaired) electrons. The van der Waals surface area contributed by atoms with Gasteiger partial charge in [0.15, 0.2) is 18.1 Å². The molecule has 40 heavy (non-hydrogen) atoms. The van der Waals surface area contributed by atoms with E-state index in [2.05, 4.69) is 21.2 Å². The number of carbonyl (C=O) groups excluding carboxylic acids is 3. The summed E-state index contributed by atoms with van der Waals surface area (Å²) in [5.74, 6) is -0.704. The van der Waals surface area contributed by atoms with E-state index >= 15 is 0 Å². The second kappa shape index (κ2) is 15.7. The van der Waals surface area contributed by atoms with Crippen LogP contribution in [0.15, 0.2) is 65.8 Å². The molecule has 0 saturated heterocycles. The third kappa shape index (κ3) is 9.72. The molecule has 3 aromatic rings. The fraction of sp³-hybridized carbons (Fsp3) is 0.214. The molecule has 0 aliphatic carbocycles. The Bertz CT molecular complexity index is 1350. The number of carbonyl (C=O) groups is 3. The predicted octanol–water partition coefficient (Wildman–Crippen LogP) is 5.24. The number of benzene rings is 3. The highest BCUT2D eigenvalue weighted by Gasteiger charge is 2.15. The molecule has 0 heterocycles. The minimum Gasteiger partial charge on any atom is -0.494 e. The van der Waals surface area contributed by atoms with E-state index in [1.165, 1.54) is 6.21 Å². The summed E-state index contributed by atoms with van der Waals surface area (Å²) in [4.78, 5) is 36.7. The third-order valence-corrected chi connectivity index (χ3v) is 6.03. The van der Waals surface area contributed by atoms with Gasteiger partial charge in [-0.3, -0.25) is 14.4 Å². The first-order chi connectivity index (χ1) is 19.3. The van der Waals surface area contributed by atoms with Gasteiger partial charge in [0, 0.05) is 16.4 Å². The molecule has 210 valence electrons. The van der Waals surface area contributed by atoms with Gasteiger partial charge < -0.3 is 24.8 Å². The lowest BCUT2D eigenvalue weighted by atomic mass is 10.2. The molecule has 0 aromatic heterocycles. The molecule has 0 spiro atoms. The highest BCUT2D eigenvalue weighted by Crippen LogP contribution is 2.34. The van der Waals surface area contributed by atoms with Gasteiger partial charge in [-0.15, -0.1) is 0 Å². The average Bonchev–Trinajstić information content (AvgIpc) is 2.93. The van der Waals surface area contributed by atoms with Crippen molar-refractivity contribution in [3.05, 3.63) is 74.8 Å². The van der Waals surface area contributed by atoms with Gasteiger partial charge in [-0.25, -0.2) is 5.43 Å². The molecule has 0 atom stereocenters. The SMILES string of the molecule is CCCOc1ccc(NC(=O)C(=O)N/N=C\c2cc(I)c(OCC(=O)Nc3ccc(Cl)cc3)c(OCC)c2)cc1. The molecule has 0 fully saturated rings. The number of ether oxygens (including phenoxy) is 3. The van der Waals surface area contributed by atoms with Gasteiger partial charge in [0.25, 0.3) is 5.91 Å². The van der Waals surface area contributed by atoms with Gasteiger partial charge in [-0.2, -0.15) is 5.10 Å². The van der Waals surface area contributed by atoms with E-state index in [-0.39, 0.29) is 12.5 Å². The number of halogens is 2. The van der Waals surface area contributed by atoms with Crippen LogP contribution >= 0.6 is 34.2 Å². The van der Waals surface area contributed by atoms with Crippen molar-refractivity contribution in [1.82, 2.24) is 5.43 Å². The Morgan fingerprint density at radius 3 is 2.25 bits per heavy atom. The van der Waals surface area contributed by atoms with Gasteiger partial charge in [0.1, 0.15) is 5.75 Å². The maximum absolute atomic E-state index is 12.3. The lowest BCUT2D eigenvalue weighted by Gasteiger charge is -2.14. The summed E-state index contributed by atoms with van der Waals surface area (Å²) in [5.41, 5.74) is 3.82. The van der Waals surface area contributed by atoms with Crippen LogP contribution in [0.25, 0.3) is 0 Å². The van der Waals surface area contributed by atoms with Crippen molar-refractivity contribution in [2.75, 3.05) is 30.5 Å². The second-order valence-electron chi connectivity index (χ2n) is 8.13. The smallest absolute Gasteiger partial charge is 0.329 e. The summed E-state index contributed by atoms with van der Waals surface area (Å²) in [6.07, 6.45) is 2.25. The number of anilines is 2. The maximum atomic E-state index is 12.3. The predicted molar refractivity (Wildman–Crippen MR) is 162 cm³/mol. The molecule has 3 rings (SSSR count). The summed E-state index contributed by atoms with van der Waals surface area (Å²) in [6.45, 7) is 4.52. The Morgan fingerprint density at radius 2 is 1.57 bits per heavy atom. The molecule has 0 unspecified atom stereocenters. The molecule has 10 nitrogen and oxygen atoms in total. The minimum absolute atomic E-state index is 0.244. The first-order valence-corrected chi connectivity index (χ1v) is 13.8. The number of hydrogen-bond acceptors (Lipinski definition) is 7. The lowest BCUT2D eigenvalue weighted by molar-refractivity contribution is -0.136. The zero-order valence-corrected chi connectivity index (χ0v) is 24.7. The van der Waals surface area contributed by atoms with Crippen molar-refractivity contribution in [3.8, 4) is 17.2 Å². The van der Waals surface area contributed by atoms with Crippen LogP contribution in [0.1, 0.15) is 25.8 Å². The zero-order chi connectivity index (χ0) is 28.9. The molecule has 0 aliphatic heterocycles. The zero-order valence-electron chi connectivity index (χ0n) is 21.8. The van der Waals surface area contributed by atoms with E-state index in [9.17, 15) is 14.4 Å². The first kappa shape index (κ1) is 30.7. The Morgan fingerprint density at radius 1 is 0.900 bits per heavy atom. The highest BCUT2D eigenvalue weighted by atomic mass is 127. The number of amides is 3. The van der Waals surface area contributed by atoms with Crippen LogP contribution in [0.3, 0.4) is 0 Å². The van der Waals surface area contributed by atoms with Crippen LogP contribution in [-0.4, -0.2) is 43.8 Å². The maximum Gasteiger partial charge on any atom is 0.329 e. The second-order valence-corrected chi connectivity index (χ2v) is 9.73. The molecule has 0 bridgehead atoms. The molecule has 0 aliphatic rings. The van der Waals surface area contributed by atoms with Gasteiger partial charge in [0.05, 0.1) is 23.0 Å². The van der Waals surface area contributed by atoms with E-state index in [1.807, 2.05) is 36.4 Å². The van der Waals surface area contributed by atoms with Crippen LogP contribution in [0.5, 0.6) is 17.2 Å². The number of hydrogen-bond donors (Lipinski definition) is 3. The molecular formula is C28H28ClIN4O6. The van der Waals surface area contributed by atoms with Crippen LogP contribution in [0.2, 0.25) is 5.02 Å². The largest absolute Gasteiger partial charge is 0.494 e. The fourth-order valence-electron chi connectivity index (χ4n) is 3.19. The summed E-state index contributed by atoms with van der Waals surface area (Å²) in [6, 6.07) is 16.8. The topological polar surface area (TPSA) is 127 Å². The number of hydrazone groups is 1. The molecule has 3 aromatic carbocycles. The molecule has 3 amide bonds. The number of rotatable bonds is 12. The van der Waals surface area contributed by atoms with Crippen molar-refractivity contribution >= 4 is 69.5 Å². The van der Waals surface area contributed by atoms with E-state index in [0.29, 0.717) is 56.0 Å². The first-order valence-electron chi connectivity index (χ1n) is 12.3. The molecule has 3 N–H and O–H groups in total. The van der Waals surface area contributed by atoms with Crippen LogP contribution in [0.4, 0.5) is 11.4 Å². The monoisotopic (exact) mass is 678 g/mol. The molecular weight excluding hydrogens is 651 g/mol. The minimum atomic E-state index is -0.936. The Kier molecular flexibility index (Phi) is 12.0. The lowest BCUT2D eigenvalue weighted by Crippen LogP contribution is -2.32. The Balaban J connectivity index is 1.56. The van der Waals surface area contributed by atoms with E-state index in [0.717, 1.165) is 6.42 Å². The highest BCUT2D eigenvalue weighted by molar-refractivity contribution is 14.1. The van der Waals surface area contributed by atoms with Gasteiger partial charge in [0.2, 0.25) is 0 Å². The summed E-state index contributed by atoms with van der Waals surface area (Å²) in [7, 11) is 0. The van der Waals surface area contributed by atoms with E-state index in [1.54, 1.807) is 60.7 Å². The van der Waals surface area contributed by atoms with Crippen molar-refractivity contribution < 1.29 is 28.6 Å². The number of nitrogens with zero attached hydrogens (tertiary/aromatic N) is 1. The Hall–Kier alpha value is -3.84. The summed E-state index contributed by atoms with van der Waals surface area (Å²) in [5, 5.41) is 9.67. The number of nitrogens with one attached hydrogen (secondary N) is 3. The quantitative estimate of drug-likeness (QED) is 0.104. The van der Waals surface area contributed by atoms with Crippen LogP contribution < -0.4 is 30.3 Å². The van der Waals surface area contributed by atoms with E-state index in [4.69, 9.17) is 25.8 Å². The van der Waals surface area contributed by atoms with Gasteiger partial charge in [-0.1, -0.05) is 18.5 Å².